The fraction of sp³-hybridized carbons (Fsp3) is 0.500. The highest BCUT2D eigenvalue weighted by Crippen LogP contribution is 2.28. The largest absolute Gasteiger partial charge is 0.352 e. The standard InChI is InChI=1S/C14H21N3O3S.ClH/c15-7-2-8-16-14(18)12-3-1-4-13(9-12)21(19,20)17-10-11-5-6-11;/h1,3-4,9,11,17H,2,5-8,10,15H2,(H,16,18);1H. The van der Waals surface area contributed by atoms with E-state index in [4.69, 9.17) is 5.73 Å². The van der Waals surface area contributed by atoms with E-state index in [0.717, 1.165) is 12.8 Å². The quantitative estimate of drug-likeness (QED) is 0.607. The van der Waals surface area contributed by atoms with Crippen LogP contribution in [0.15, 0.2) is 29.2 Å². The predicted molar refractivity (Wildman–Crippen MR) is 87.6 cm³/mol. The van der Waals surface area contributed by atoms with Gasteiger partial charge in [-0.2, -0.15) is 0 Å². The minimum absolute atomic E-state index is 0. The van der Waals surface area contributed by atoms with E-state index < -0.39 is 10.0 Å². The van der Waals surface area contributed by atoms with E-state index in [-0.39, 0.29) is 23.2 Å². The number of carbonyl (C=O) groups is 1. The van der Waals surface area contributed by atoms with Gasteiger partial charge >= 0.3 is 0 Å². The van der Waals surface area contributed by atoms with Crippen molar-refractivity contribution >= 4 is 28.3 Å². The number of halogens is 1. The van der Waals surface area contributed by atoms with Gasteiger partial charge in [0.25, 0.3) is 5.91 Å². The molecule has 6 nitrogen and oxygen atoms in total. The van der Waals surface area contributed by atoms with E-state index in [0.29, 0.717) is 37.5 Å². The Bertz CT molecular complexity index is 603. The van der Waals surface area contributed by atoms with Crippen LogP contribution in [-0.2, 0) is 10.0 Å². The van der Waals surface area contributed by atoms with Crippen LogP contribution < -0.4 is 15.8 Å². The Morgan fingerprint density at radius 2 is 2.05 bits per heavy atom. The second kappa shape index (κ2) is 8.47. The molecule has 124 valence electrons. The third-order valence-electron chi connectivity index (χ3n) is 3.33. The molecule has 1 saturated carbocycles. The third-order valence-corrected chi connectivity index (χ3v) is 4.75. The lowest BCUT2D eigenvalue weighted by Crippen LogP contribution is -2.28. The van der Waals surface area contributed by atoms with Crippen LogP contribution in [-0.4, -0.2) is 34.0 Å². The molecule has 1 aromatic carbocycles. The zero-order chi connectivity index (χ0) is 15.3. The molecule has 1 fully saturated rings. The maximum Gasteiger partial charge on any atom is 0.251 e. The predicted octanol–water partition coefficient (Wildman–Crippen LogP) is 0.875. The lowest BCUT2D eigenvalue weighted by molar-refractivity contribution is 0.0953. The van der Waals surface area contributed by atoms with E-state index in [9.17, 15) is 13.2 Å². The van der Waals surface area contributed by atoms with E-state index >= 15 is 0 Å². The minimum Gasteiger partial charge on any atom is -0.352 e. The molecule has 22 heavy (non-hydrogen) atoms. The number of benzene rings is 1. The molecule has 8 heteroatoms. The maximum absolute atomic E-state index is 12.1. The molecule has 0 heterocycles. The highest BCUT2D eigenvalue weighted by molar-refractivity contribution is 7.89. The number of hydrogen-bond acceptors (Lipinski definition) is 4. The summed E-state index contributed by atoms with van der Waals surface area (Å²) in [5.41, 5.74) is 5.69. The summed E-state index contributed by atoms with van der Waals surface area (Å²) in [6.07, 6.45) is 2.84. The van der Waals surface area contributed by atoms with Crippen LogP contribution in [0.2, 0.25) is 0 Å². The van der Waals surface area contributed by atoms with Gasteiger partial charge < -0.3 is 11.1 Å². The molecule has 0 atom stereocenters. The summed E-state index contributed by atoms with van der Waals surface area (Å²) in [6.45, 7) is 1.45. The van der Waals surface area contributed by atoms with Crippen LogP contribution in [0, 0.1) is 5.92 Å². The summed E-state index contributed by atoms with van der Waals surface area (Å²) in [5.74, 6) is 0.171. The second-order valence-corrected chi connectivity index (χ2v) is 6.99. The average Bonchev–Trinajstić information content (AvgIpc) is 3.30. The van der Waals surface area contributed by atoms with Crippen molar-refractivity contribution in [2.45, 2.75) is 24.2 Å². The fourth-order valence-corrected chi connectivity index (χ4v) is 3.01. The molecule has 0 bridgehead atoms. The van der Waals surface area contributed by atoms with Crippen molar-refractivity contribution in [2.24, 2.45) is 11.7 Å². The van der Waals surface area contributed by atoms with E-state index in [2.05, 4.69) is 10.0 Å². The first-order chi connectivity index (χ1) is 10.0. The van der Waals surface area contributed by atoms with Gasteiger partial charge in [0, 0.05) is 18.7 Å². The van der Waals surface area contributed by atoms with Crippen LogP contribution in [0.25, 0.3) is 0 Å². The van der Waals surface area contributed by atoms with Gasteiger partial charge in [0.05, 0.1) is 4.90 Å². The minimum atomic E-state index is -3.55. The van der Waals surface area contributed by atoms with Gasteiger partial charge in [0.1, 0.15) is 0 Å². The smallest absolute Gasteiger partial charge is 0.251 e. The lowest BCUT2D eigenvalue weighted by Gasteiger charge is -2.08. The molecule has 2 rings (SSSR count). The highest BCUT2D eigenvalue weighted by atomic mass is 35.5. The van der Waals surface area contributed by atoms with Gasteiger partial charge in [-0.25, -0.2) is 13.1 Å². The van der Waals surface area contributed by atoms with Crippen LogP contribution in [0.4, 0.5) is 0 Å². The third kappa shape index (κ3) is 5.57. The Morgan fingerprint density at radius 1 is 1.32 bits per heavy atom. The Balaban J connectivity index is 0.00000242. The van der Waals surface area contributed by atoms with Gasteiger partial charge in [-0.15, -0.1) is 12.4 Å². The molecular formula is C14H22ClN3O3S. The van der Waals surface area contributed by atoms with Crippen molar-refractivity contribution in [1.29, 1.82) is 0 Å². The average molecular weight is 348 g/mol. The van der Waals surface area contributed by atoms with Gasteiger partial charge in [-0.05, 0) is 49.9 Å². The molecule has 0 aromatic heterocycles. The molecule has 4 N–H and O–H groups in total. The SMILES string of the molecule is Cl.NCCCNC(=O)c1cccc(S(=O)(=O)NCC2CC2)c1. The Labute approximate surface area is 137 Å². The van der Waals surface area contributed by atoms with Crippen molar-refractivity contribution in [3.63, 3.8) is 0 Å². The van der Waals surface area contributed by atoms with Gasteiger partial charge in [-0.1, -0.05) is 6.07 Å². The van der Waals surface area contributed by atoms with Gasteiger partial charge in [0.2, 0.25) is 10.0 Å². The number of carbonyl (C=O) groups excluding carboxylic acids is 1. The maximum atomic E-state index is 12.1. The first-order valence-corrected chi connectivity index (χ1v) is 8.59. The summed E-state index contributed by atoms with van der Waals surface area (Å²) >= 11 is 0. The molecule has 1 aliphatic rings. The second-order valence-electron chi connectivity index (χ2n) is 5.22. The molecule has 1 amide bonds. The molecular weight excluding hydrogens is 326 g/mol. The molecule has 0 saturated heterocycles. The highest BCUT2D eigenvalue weighted by Gasteiger charge is 2.24. The summed E-state index contributed by atoms with van der Waals surface area (Å²) < 4.78 is 26.9. The number of rotatable bonds is 8. The summed E-state index contributed by atoms with van der Waals surface area (Å²) in [4.78, 5) is 12.0. The number of hydrogen-bond donors (Lipinski definition) is 3. The number of sulfonamides is 1. The van der Waals surface area contributed by atoms with Gasteiger partial charge in [-0.3, -0.25) is 4.79 Å². The van der Waals surface area contributed by atoms with E-state index in [1.54, 1.807) is 12.1 Å². The zero-order valence-electron chi connectivity index (χ0n) is 12.2. The monoisotopic (exact) mass is 347 g/mol. The first kappa shape index (κ1) is 18.9. The van der Waals surface area contributed by atoms with Crippen molar-refractivity contribution in [1.82, 2.24) is 10.0 Å². The number of amides is 1. The molecule has 0 spiro atoms. The van der Waals surface area contributed by atoms with Crippen LogP contribution >= 0.6 is 12.4 Å². The van der Waals surface area contributed by atoms with E-state index in [1.807, 2.05) is 0 Å². The lowest BCUT2D eigenvalue weighted by atomic mass is 10.2. The first-order valence-electron chi connectivity index (χ1n) is 7.11. The van der Waals surface area contributed by atoms with Crippen LogP contribution in [0.1, 0.15) is 29.6 Å². The Morgan fingerprint density at radius 3 is 2.68 bits per heavy atom. The van der Waals surface area contributed by atoms with Crippen LogP contribution in [0.3, 0.4) is 0 Å². The Kier molecular flexibility index (Phi) is 7.28. The normalized spacial score (nSPS) is 14.2. The van der Waals surface area contributed by atoms with Gasteiger partial charge in [0.15, 0.2) is 0 Å². The number of nitrogens with one attached hydrogen (secondary N) is 2. The molecule has 0 unspecified atom stereocenters. The zero-order valence-corrected chi connectivity index (χ0v) is 13.9. The number of nitrogens with two attached hydrogens (primary N) is 1. The molecule has 1 aliphatic carbocycles. The summed E-state index contributed by atoms with van der Waals surface area (Å²) in [6, 6.07) is 6.06. The molecule has 1 aromatic rings. The van der Waals surface area contributed by atoms with Crippen molar-refractivity contribution in [3.8, 4) is 0 Å². The van der Waals surface area contributed by atoms with Crippen LogP contribution in [0.5, 0.6) is 0 Å². The fourth-order valence-electron chi connectivity index (χ4n) is 1.84. The summed E-state index contributed by atoms with van der Waals surface area (Å²) in [7, 11) is -3.55. The molecule has 0 radical (unpaired) electrons. The van der Waals surface area contributed by atoms with E-state index in [1.165, 1.54) is 12.1 Å². The van der Waals surface area contributed by atoms with Crippen molar-refractivity contribution in [2.75, 3.05) is 19.6 Å². The van der Waals surface area contributed by atoms with Crippen molar-refractivity contribution in [3.05, 3.63) is 29.8 Å². The van der Waals surface area contributed by atoms with Crippen molar-refractivity contribution < 1.29 is 13.2 Å². The summed E-state index contributed by atoms with van der Waals surface area (Å²) in [5, 5.41) is 2.70. The Hall–Kier alpha value is -1.15. The molecule has 0 aliphatic heterocycles. The topological polar surface area (TPSA) is 101 Å².